The summed E-state index contributed by atoms with van der Waals surface area (Å²) >= 11 is 0. The first-order valence-corrected chi connectivity index (χ1v) is 6.76. The highest BCUT2D eigenvalue weighted by Crippen LogP contribution is 2.10. The largest absolute Gasteiger partial charge is 0.328 e. The smallest absolute Gasteiger partial charge is 0.265 e. The monoisotopic (exact) mass is 281 g/mol. The van der Waals surface area contributed by atoms with Gasteiger partial charge in [-0.3, -0.25) is 4.79 Å². The lowest BCUT2D eigenvalue weighted by atomic mass is 10.4. The van der Waals surface area contributed by atoms with Crippen molar-refractivity contribution in [3.05, 3.63) is 40.1 Å². The Morgan fingerprint density at radius 3 is 2.47 bits per heavy atom. The number of hydrogen-bond acceptors (Lipinski definition) is 6. The molecule has 0 saturated heterocycles. The molecule has 2 N–H and O–H groups in total. The summed E-state index contributed by atoms with van der Waals surface area (Å²) in [4.78, 5) is 17.0. The molecule has 0 fully saturated rings. The van der Waals surface area contributed by atoms with Crippen molar-refractivity contribution >= 4 is 16.0 Å². The molecule has 100 valence electrons. The molecule has 2 rings (SSSR count). The highest BCUT2D eigenvalue weighted by molar-refractivity contribution is 7.92. The van der Waals surface area contributed by atoms with Gasteiger partial charge in [0.05, 0.1) is 11.4 Å². The van der Waals surface area contributed by atoms with Crippen molar-refractivity contribution in [2.75, 3.05) is 4.72 Å². The van der Waals surface area contributed by atoms with Gasteiger partial charge in [-0.15, -0.1) is 5.10 Å². The van der Waals surface area contributed by atoms with Gasteiger partial charge in [-0.2, -0.15) is 5.10 Å². The Bertz CT molecular complexity index is 748. The molecule has 2 aromatic heterocycles. The third kappa shape index (κ3) is 2.94. The van der Waals surface area contributed by atoms with Gasteiger partial charge in [0.2, 0.25) is 5.56 Å². The molecule has 0 atom stereocenters. The molecule has 0 amide bonds. The Labute approximate surface area is 109 Å². The van der Waals surface area contributed by atoms with Gasteiger partial charge in [0.15, 0.2) is 0 Å². The lowest BCUT2D eigenvalue weighted by molar-refractivity contribution is 0.600. The molecule has 0 radical (unpaired) electrons. The highest BCUT2D eigenvalue weighted by atomic mass is 32.2. The van der Waals surface area contributed by atoms with E-state index < -0.39 is 10.0 Å². The summed E-state index contributed by atoms with van der Waals surface area (Å²) in [6.45, 7) is 3.41. The second-order valence-corrected chi connectivity index (χ2v) is 5.48. The van der Waals surface area contributed by atoms with Crippen molar-refractivity contribution < 1.29 is 8.42 Å². The molecule has 2 aromatic rings. The summed E-state index contributed by atoms with van der Waals surface area (Å²) in [5, 5.41) is 7.42. The number of nitrogens with zero attached hydrogens (tertiary/aromatic N) is 3. The molecule has 8 nitrogen and oxygen atoms in total. The lowest BCUT2D eigenvalue weighted by Gasteiger charge is -2.06. The number of aromatic amines is 1. The van der Waals surface area contributed by atoms with Gasteiger partial charge in [-0.25, -0.2) is 18.1 Å². The fourth-order valence-corrected chi connectivity index (χ4v) is 2.15. The van der Waals surface area contributed by atoms with Gasteiger partial charge in [0.25, 0.3) is 16.0 Å². The topological polar surface area (TPSA) is 118 Å². The van der Waals surface area contributed by atoms with Crippen molar-refractivity contribution in [1.82, 2.24) is 20.2 Å². The van der Waals surface area contributed by atoms with Crippen molar-refractivity contribution in [2.45, 2.75) is 18.7 Å². The van der Waals surface area contributed by atoms with Crippen LogP contribution in [0.15, 0.2) is 28.0 Å². The van der Waals surface area contributed by atoms with E-state index in [4.69, 9.17) is 0 Å². The molecular weight excluding hydrogens is 270 g/mol. The van der Waals surface area contributed by atoms with Crippen molar-refractivity contribution in [2.24, 2.45) is 0 Å². The number of aromatic nitrogens is 4. The van der Waals surface area contributed by atoms with Crippen LogP contribution in [-0.4, -0.2) is 28.6 Å². The molecule has 0 bridgehead atoms. The molecule has 0 spiro atoms. The minimum Gasteiger partial charge on any atom is -0.328 e. The van der Waals surface area contributed by atoms with E-state index in [1.54, 1.807) is 13.8 Å². The van der Waals surface area contributed by atoms with Gasteiger partial charge < -0.3 is 4.98 Å². The molecule has 0 aliphatic heterocycles. The number of aryl methyl sites for hydroxylation is 2. The Balaban J connectivity index is 2.33. The highest BCUT2D eigenvalue weighted by Gasteiger charge is 2.16. The summed E-state index contributed by atoms with van der Waals surface area (Å²) in [5.41, 5.74) is 0.809. The molecule has 0 aromatic carbocycles. The van der Waals surface area contributed by atoms with E-state index in [9.17, 15) is 13.2 Å². The van der Waals surface area contributed by atoms with Crippen LogP contribution in [-0.2, 0) is 10.0 Å². The maximum Gasteiger partial charge on any atom is 0.265 e. The molecule has 0 saturated carbocycles. The maximum absolute atomic E-state index is 12.0. The van der Waals surface area contributed by atoms with E-state index in [1.807, 2.05) is 0 Å². The second-order valence-electron chi connectivity index (χ2n) is 3.80. The number of H-pyrrole nitrogens is 1. The van der Waals surface area contributed by atoms with Crippen LogP contribution in [0.2, 0.25) is 0 Å². The average Bonchev–Trinajstić information content (AvgIpc) is 2.34. The van der Waals surface area contributed by atoms with Crippen LogP contribution in [0.5, 0.6) is 0 Å². The number of pyridine rings is 1. The first-order valence-electron chi connectivity index (χ1n) is 5.28. The Morgan fingerprint density at radius 2 is 1.89 bits per heavy atom. The fraction of sp³-hybridized carbons (Fsp3) is 0.200. The summed E-state index contributed by atoms with van der Waals surface area (Å²) in [7, 11) is -3.84. The molecule has 0 aliphatic rings. The van der Waals surface area contributed by atoms with E-state index in [-0.39, 0.29) is 16.4 Å². The molecule has 19 heavy (non-hydrogen) atoms. The van der Waals surface area contributed by atoms with Crippen LogP contribution in [0.1, 0.15) is 11.4 Å². The van der Waals surface area contributed by atoms with Crippen LogP contribution in [0.3, 0.4) is 0 Å². The van der Waals surface area contributed by atoms with Crippen LogP contribution < -0.4 is 10.3 Å². The number of anilines is 1. The lowest BCUT2D eigenvalue weighted by Crippen LogP contribution is -2.17. The summed E-state index contributed by atoms with van der Waals surface area (Å²) in [6, 6.07) is 2.31. The second kappa shape index (κ2) is 4.76. The van der Waals surface area contributed by atoms with E-state index in [1.165, 1.54) is 6.07 Å². The minimum absolute atomic E-state index is 0.0890. The van der Waals surface area contributed by atoms with E-state index in [0.717, 1.165) is 12.3 Å². The fourth-order valence-electron chi connectivity index (χ4n) is 1.24. The van der Waals surface area contributed by atoms with Gasteiger partial charge in [-0.1, -0.05) is 0 Å². The number of rotatable bonds is 3. The van der Waals surface area contributed by atoms with E-state index in [0.29, 0.717) is 11.4 Å². The Kier molecular flexibility index (Phi) is 3.30. The number of nitrogens with one attached hydrogen (secondary N) is 2. The Morgan fingerprint density at radius 1 is 1.16 bits per heavy atom. The number of hydrogen-bond donors (Lipinski definition) is 2. The summed E-state index contributed by atoms with van der Waals surface area (Å²) < 4.78 is 26.1. The average molecular weight is 281 g/mol. The molecule has 0 aliphatic carbocycles. The summed E-state index contributed by atoms with van der Waals surface area (Å²) in [5.74, 6) is -0.116. The molecular formula is C10H11N5O3S. The van der Waals surface area contributed by atoms with Gasteiger partial charge in [-0.05, 0) is 19.9 Å². The molecule has 9 heteroatoms. The zero-order chi connectivity index (χ0) is 14.0. The van der Waals surface area contributed by atoms with Crippen molar-refractivity contribution in [3.8, 4) is 0 Å². The standard InChI is InChI=1S/C10H11N5O3S/c1-6-7(2)13-14-10(12-6)15-19(17,18)8-3-4-9(16)11-5-8/h3-5H,1-2H3,(H,11,16)(H,12,14,15). The zero-order valence-corrected chi connectivity index (χ0v) is 11.0. The number of sulfonamides is 1. The van der Waals surface area contributed by atoms with Crippen molar-refractivity contribution in [3.63, 3.8) is 0 Å². The van der Waals surface area contributed by atoms with E-state index in [2.05, 4.69) is 24.9 Å². The third-order valence-electron chi connectivity index (χ3n) is 2.38. The first kappa shape index (κ1) is 13.1. The quantitative estimate of drug-likeness (QED) is 0.816. The zero-order valence-electron chi connectivity index (χ0n) is 10.2. The van der Waals surface area contributed by atoms with Crippen molar-refractivity contribution in [1.29, 1.82) is 0 Å². The van der Waals surface area contributed by atoms with Gasteiger partial charge in [0, 0.05) is 12.3 Å². The van der Waals surface area contributed by atoms with Crippen LogP contribution in [0, 0.1) is 13.8 Å². The Hall–Kier alpha value is -2.29. The molecule has 2 heterocycles. The van der Waals surface area contributed by atoms with Crippen LogP contribution >= 0.6 is 0 Å². The SMILES string of the molecule is Cc1nnc(NS(=O)(=O)c2ccc(=O)[nH]c2)nc1C. The van der Waals surface area contributed by atoms with Crippen LogP contribution in [0.25, 0.3) is 0 Å². The maximum atomic E-state index is 12.0. The predicted octanol–water partition coefficient (Wildman–Crippen LogP) is -0.0225. The van der Waals surface area contributed by atoms with Gasteiger partial charge >= 0.3 is 0 Å². The normalized spacial score (nSPS) is 11.3. The predicted molar refractivity (Wildman–Crippen MR) is 67.2 cm³/mol. The van der Waals surface area contributed by atoms with Crippen LogP contribution in [0.4, 0.5) is 5.95 Å². The van der Waals surface area contributed by atoms with Gasteiger partial charge in [0.1, 0.15) is 4.90 Å². The van der Waals surface area contributed by atoms with E-state index >= 15 is 0 Å². The minimum atomic E-state index is -3.84. The first-order chi connectivity index (χ1) is 8.88. The summed E-state index contributed by atoms with van der Waals surface area (Å²) in [6.07, 6.45) is 1.10. The third-order valence-corrected chi connectivity index (χ3v) is 3.71. The molecule has 0 unspecified atom stereocenters.